The van der Waals surface area contributed by atoms with E-state index in [0.717, 1.165) is 12.8 Å². The monoisotopic (exact) mass is 142 g/mol. The van der Waals surface area contributed by atoms with Crippen LogP contribution in [-0.4, -0.2) is 22.9 Å². The fraction of sp³-hybridized carbons (Fsp3) is 0.750. The average Bonchev–Trinajstić information content (AvgIpc) is 1.89. The summed E-state index contributed by atoms with van der Waals surface area (Å²) in [6.45, 7) is 1.90. The van der Waals surface area contributed by atoms with Gasteiger partial charge in [-0.3, -0.25) is 0 Å². The summed E-state index contributed by atoms with van der Waals surface area (Å²) < 4.78 is 0. The molecule has 0 amide bonds. The molecule has 2 heteroatoms. The van der Waals surface area contributed by atoms with Crippen LogP contribution < -0.4 is 0 Å². The standard InChI is InChI=1S/C8H14O2/c1-2-5-8(10)6-3-4-7-9/h8-10H,2,5-7H2,1H3. The molecule has 2 nitrogen and oxygen atoms in total. The lowest BCUT2D eigenvalue weighted by Gasteiger charge is -2.01. The van der Waals surface area contributed by atoms with Gasteiger partial charge in [0.15, 0.2) is 0 Å². The molecule has 0 aromatic heterocycles. The van der Waals surface area contributed by atoms with Crippen LogP contribution in [0.15, 0.2) is 0 Å². The molecule has 0 saturated carbocycles. The molecule has 0 spiro atoms. The maximum absolute atomic E-state index is 9.09. The van der Waals surface area contributed by atoms with Gasteiger partial charge in [-0.05, 0) is 6.42 Å². The van der Waals surface area contributed by atoms with Crippen LogP contribution in [0.25, 0.3) is 0 Å². The molecular formula is C8H14O2. The molecule has 0 aliphatic carbocycles. The molecule has 0 fully saturated rings. The van der Waals surface area contributed by atoms with Gasteiger partial charge in [-0.25, -0.2) is 0 Å². The summed E-state index contributed by atoms with van der Waals surface area (Å²) in [5.74, 6) is 5.15. The lowest BCUT2D eigenvalue weighted by Crippen LogP contribution is -2.03. The predicted molar refractivity (Wildman–Crippen MR) is 40.4 cm³/mol. The van der Waals surface area contributed by atoms with Gasteiger partial charge in [0.1, 0.15) is 6.61 Å². The van der Waals surface area contributed by atoms with Gasteiger partial charge in [0.25, 0.3) is 0 Å². The summed E-state index contributed by atoms with van der Waals surface area (Å²) in [5.41, 5.74) is 0. The third-order valence-corrected chi connectivity index (χ3v) is 1.16. The highest BCUT2D eigenvalue weighted by molar-refractivity contribution is 4.99. The summed E-state index contributed by atoms with van der Waals surface area (Å²) in [4.78, 5) is 0. The van der Waals surface area contributed by atoms with E-state index in [-0.39, 0.29) is 12.7 Å². The van der Waals surface area contributed by atoms with E-state index in [0.29, 0.717) is 6.42 Å². The Morgan fingerprint density at radius 1 is 1.40 bits per heavy atom. The van der Waals surface area contributed by atoms with Crippen molar-refractivity contribution in [2.75, 3.05) is 6.61 Å². The van der Waals surface area contributed by atoms with E-state index < -0.39 is 0 Å². The zero-order valence-electron chi connectivity index (χ0n) is 6.30. The Balaban J connectivity index is 3.29. The quantitative estimate of drug-likeness (QED) is 0.564. The Labute approximate surface area is 61.9 Å². The van der Waals surface area contributed by atoms with Crippen molar-refractivity contribution in [2.45, 2.75) is 32.3 Å². The van der Waals surface area contributed by atoms with Crippen molar-refractivity contribution in [2.24, 2.45) is 0 Å². The summed E-state index contributed by atoms with van der Waals surface area (Å²) in [6.07, 6.45) is 1.93. The van der Waals surface area contributed by atoms with Crippen LogP contribution in [-0.2, 0) is 0 Å². The first-order chi connectivity index (χ1) is 4.81. The molecule has 0 bridgehead atoms. The minimum atomic E-state index is -0.316. The van der Waals surface area contributed by atoms with Gasteiger partial charge in [0.2, 0.25) is 0 Å². The summed E-state index contributed by atoms with van der Waals surface area (Å²) in [5, 5.41) is 17.3. The second-order valence-electron chi connectivity index (χ2n) is 2.16. The van der Waals surface area contributed by atoms with E-state index in [1.807, 2.05) is 6.92 Å². The van der Waals surface area contributed by atoms with Crippen molar-refractivity contribution in [3.8, 4) is 11.8 Å². The van der Waals surface area contributed by atoms with Gasteiger partial charge in [-0.15, -0.1) is 0 Å². The third-order valence-electron chi connectivity index (χ3n) is 1.16. The smallest absolute Gasteiger partial charge is 0.104 e. The first-order valence-electron chi connectivity index (χ1n) is 3.56. The summed E-state index contributed by atoms with van der Waals surface area (Å²) in [7, 11) is 0. The number of rotatable bonds is 3. The molecule has 0 aromatic rings. The minimum Gasteiger partial charge on any atom is -0.392 e. The Morgan fingerprint density at radius 3 is 2.60 bits per heavy atom. The van der Waals surface area contributed by atoms with Crippen LogP contribution in [0.3, 0.4) is 0 Å². The zero-order valence-corrected chi connectivity index (χ0v) is 6.30. The van der Waals surface area contributed by atoms with Crippen LogP contribution in [0.2, 0.25) is 0 Å². The molecule has 0 aliphatic rings. The first-order valence-corrected chi connectivity index (χ1v) is 3.56. The molecule has 0 radical (unpaired) electrons. The van der Waals surface area contributed by atoms with Crippen LogP contribution in [0.1, 0.15) is 26.2 Å². The SMILES string of the molecule is CCCC(O)CC#CCO. The maximum Gasteiger partial charge on any atom is 0.104 e. The van der Waals surface area contributed by atoms with Gasteiger partial charge in [-0.2, -0.15) is 0 Å². The molecule has 0 heterocycles. The molecule has 0 aliphatic heterocycles. The van der Waals surface area contributed by atoms with E-state index in [1.54, 1.807) is 0 Å². The molecular weight excluding hydrogens is 128 g/mol. The van der Waals surface area contributed by atoms with Gasteiger partial charge in [0, 0.05) is 6.42 Å². The number of aliphatic hydroxyl groups excluding tert-OH is 2. The van der Waals surface area contributed by atoms with Gasteiger partial charge in [0.05, 0.1) is 6.10 Å². The molecule has 0 aromatic carbocycles. The topological polar surface area (TPSA) is 40.5 Å². The lowest BCUT2D eigenvalue weighted by atomic mass is 10.1. The molecule has 0 saturated heterocycles. The largest absolute Gasteiger partial charge is 0.392 e. The summed E-state index contributed by atoms with van der Waals surface area (Å²) >= 11 is 0. The van der Waals surface area contributed by atoms with Gasteiger partial charge >= 0.3 is 0 Å². The van der Waals surface area contributed by atoms with Crippen LogP contribution >= 0.6 is 0 Å². The highest BCUT2D eigenvalue weighted by Gasteiger charge is 1.97. The normalized spacial score (nSPS) is 11.9. The second-order valence-corrected chi connectivity index (χ2v) is 2.16. The maximum atomic E-state index is 9.09. The fourth-order valence-electron chi connectivity index (χ4n) is 0.681. The molecule has 2 N–H and O–H groups in total. The van der Waals surface area contributed by atoms with E-state index in [1.165, 1.54) is 0 Å². The van der Waals surface area contributed by atoms with Crippen molar-refractivity contribution in [3.63, 3.8) is 0 Å². The average molecular weight is 142 g/mol. The summed E-state index contributed by atoms with van der Waals surface area (Å²) in [6, 6.07) is 0. The van der Waals surface area contributed by atoms with E-state index in [9.17, 15) is 0 Å². The van der Waals surface area contributed by atoms with Crippen molar-refractivity contribution >= 4 is 0 Å². The zero-order chi connectivity index (χ0) is 7.82. The Morgan fingerprint density at radius 2 is 2.10 bits per heavy atom. The van der Waals surface area contributed by atoms with Crippen LogP contribution in [0, 0.1) is 11.8 Å². The van der Waals surface area contributed by atoms with Crippen molar-refractivity contribution in [1.82, 2.24) is 0 Å². The molecule has 1 atom stereocenters. The number of hydrogen-bond donors (Lipinski definition) is 2. The minimum absolute atomic E-state index is 0.112. The van der Waals surface area contributed by atoms with E-state index in [4.69, 9.17) is 10.2 Å². The van der Waals surface area contributed by atoms with Gasteiger partial charge < -0.3 is 10.2 Å². The molecule has 58 valence electrons. The van der Waals surface area contributed by atoms with E-state index >= 15 is 0 Å². The third kappa shape index (κ3) is 5.61. The predicted octanol–water partition coefficient (Wildman–Crippen LogP) is 0.533. The van der Waals surface area contributed by atoms with E-state index in [2.05, 4.69) is 11.8 Å². The molecule has 1 unspecified atom stereocenters. The highest BCUT2D eigenvalue weighted by Crippen LogP contribution is 1.98. The molecule has 0 rings (SSSR count). The van der Waals surface area contributed by atoms with Crippen molar-refractivity contribution < 1.29 is 10.2 Å². The highest BCUT2D eigenvalue weighted by atomic mass is 16.3. The second kappa shape index (κ2) is 6.60. The Hall–Kier alpha value is -0.520. The Kier molecular flexibility index (Phi) is 6.25. The van der Waals surface area contributed by atoms with Crippen molar-refractivity contribution in [1.29, 1.82) is 0 Å². The van der Waals surface area contributed by atoms with Gasteiger partial charge in [-0.1, -0.05) is 25.2 Å². The fourth-order valence-corrected chi connectivity index (χ4v) is 0.681. The first kappa shape index (κ1) is 9.48. The lowest BCUT2D eigenvalue weighted by molar-refractivity contribution is 0.169. The van der Waals surface area contributed by atoms with Crippen molar-refractivity contribution in [3.05, 3.63) is 0 Å². The van der Waals surface area contributed by atoms with Crippen LogP contribution in [0.5, 0.6) is 0 Å². The van der Waals surface area contributed by atoms with Crippen LogP contribution in [0.4, 0.5) is 0 Å². The molecule has 10 heavy (non-hydrogen) atoms. The Bertz CT molecular complexity index is 121. The number of aliphatic hydroxyl groups is 2. The number of hydrogen-bond acceptors (Lipinski definition) is 2.